The van der Waals surface area contributed by atoms with Crippen LogP contribution >= 0.6 is 11.3 Å². The molecule has 184 valence electrons. The van der Waals surface area contributed by atoms with Crippen molar-refractivity contribution in [1.82, 2.24) is 15.0 Å². The van der Waals surface area contributed by atoms with Crippen LogP contribution in [-0.4, -0.2) is 68.5 Å². The molecular formula is C24H33N5O4S. The first-order valence-corrected chi connectivity index (χ1v) is 12.4. The smallest absolute Gasteiger partial charge is 0.224 e. The van der Waals surface area contributed by atoms with Gasteiger partial charge < -0.3 is 30.7 Å². The van der Waals surface area contributed by atoms with Gasteiger partial charge in [-0.25, -0.2) is 9.97 Å². The van der Waals surface area contributed by atoms with Crippen LogP contribution in [0.15, 0.2) is 12.1 Å². The maximum absolute atomic E-state index is 11.2. The zero-order valence-corrected chi connectivity index (χ0v) is 20.9. The highest BCUT2D eigenvalue weighted by Crippen LogP contribution is 2.41. The highest BCUT2D eigenvalue weighted by atomic mass is 32.1. The van der Waals surface area contributed by atoms with Gasteiger partial charge in [0.15, 0.2) is 5.72 Å². The summed E-state index contributed by atoms with van der Waals surface area (Å²) >= 11 is 1.54. The number of nitrogens with one attached hydrogen (secondary N) is 2. The topological polar surface area (TPSA) is 133 Å². The predicted octanol–water partition coefficient (Wildman–Crippen LogP) is 2.99. The van der Waals surface area contributed by atoms with Gasteiger partial charge in [0.2, 0.25) is 5.95 Å². The highest BCUT2D eigenvalue weighted by molar-refractivity contribution is 7.21. The Labute approximate surface area is 203 Å². The van der Waals surface area contributed by atoms with Crippen molar-refractivity contribution >= 4 is 33.3 Å². The normalized spacial score (nSPS) is 22.4. The molecule has 2 aromatic heterocycles. The molecule has 34 heavy (non-hydrogen) atoms. The van der Waals surface area contributed by atoms with E-state index in [1.807, 2.05) is 13.8 Å². The third kappa shape index (κ3) is 4.87. The second kappa shape index (κ2) is 10.1. The number of benzene rings is 1. The molecule has 3 unspecified atom stereocenters. The van der Waals surface area contributed by atoms with Crippen LogP contribution in [0.1, 0.15) is 36.6 Å². The van der Waals surface area contributed by atoms with Crippen molar-refractivity contribution in [3.8, 4) is 10.6 Å². The minimum atomic E-state index is -1.62. The monoisotopic (exact) mass is 487 g/mol. The largest absolute Gasteiger partial charge is 0.396 e. The van der Waals surface area contributed by atoms with Gasteiger partial charge in [-0.1, -0.05) is 0 Å². The molecule has 0 amide bonds. The summed E-state index contributed by atoms with van der Waals surface area (Å²) in [5.74, 6) is 0.381. The summed E-state index contributed by atoms with van der Waals surface area (Å²) < 4.78 is 6.44. The Morgan fingerprint density at radius 3 is 2.65 bits per heavy atom. The number of ether oxygens (including phenoxy) is 1. The third-order valence-electron chi connectivity index (χ3n) is 6.44. The number of aliphatic hydroxyl groups excluding tert-OH is 2. The molecule has 10 heteroatoms. The molecule has 4 rings (SSSR count). The lowest BCUT2D eigenvalue weighted by Gasteiger charge is -2.31. The van der Waals surface area contributed by atoms with Gasteiger partial charge in [-0.05, 0) is 63.8 Å². The SMILES string of the molecule is CCOCCNc1nc(C)c(-c2nc3cc(C)c(C)cc3s2)c(NC2(O)CCC(CO)C2O)n1. The molecule has 3 aromatic rings. The molecular weight excluding hydrogens is 454 g/mol. The molecule has 0 aliphatic heterocycles. The van der Waals surface area contributed by atoms with Crippen molar-refractivity contribution in [3.63, 3.8) is 0 Å². The number of thiazole rings is 1. The molecule has 0 spiro atoms. The fourth-order valence-corrected chi connectivity index (χ4v) is 5.44. The summed E-state index contributed by atoms with van der Waals surface area (Å²) in [6.45, 7) is 9.43. The number of aryl methyl sites for hydroxylation is 3. The van der Waals surface area contributed by atoms with Crippen LogP contribution < -0.4 is 10.6 Å². The van der Waals surface area contributed by atoms with Crippen LogP contribution in [0.25, 0.3) is 20.8 Å². The van der Waals surface area contributed by atoms with Gasteiger partial charge in [0.25, 0.3) is 0 Å². The molecule has 1 fully saturated rings. The summed E-state index contributed by atoms with van der Waals surface area (Å²) in [7, 11) is 0. The molecule has 1 saturated carbocycles. The number of anilines is 2. The molecule has 5 N–H and O–H groups in total. The van der Waals surface area contributed by atoms with E-state index in [9.17, 15) is 15.3 Å². The van der Waals surface area contributed by atoms with Crippen LogP contribution in [0.4, 0.5) is 11.8 Å². The van der Waals surface area contributed by atoms with Gasteiger partial charge in [0.05, 0.1) is 28.1 Å². The van der Waals surface area contributed by atoms with Crippen LogP contribution in [0.2, 0.25) is 0 Å². The Morgan fingerprint density at radius 2 is 1.94 bits per heavy atom. The van der Waals surface area contributed by atoms with E-state index in [0.29, 0.717) is 49.2 Å². The lowest BCUT2D eigenvalue weighted by Crippen LogP contribution is -2.48. The fraction of sp³-hybridized carbons (Fsp3) is 0.542. The average molecular weight is 488 g/mol. The quantitative estimate of drug-likeness (QED) is 0.228. The first-order valence-electron chi connectivity index (χ1n) is 11.6. The van der Waals surface area contributed by atoms with Crippen molar-refractivity contribution in [2.45, 2.75) is 52.4 Å². The predicted molar refractivity (Wildman–Crippen MR) is 134 cm³/mol. The Bertz CT molecular complexity index is 1130. The van der Waals surface area contributed by atoms with Crippen molar-refractivity contribution < 1.29 is 20.1 Å². The van der Waals surface area contributed by atoms with E-state index in [1.165, 1.54) is 22.5 Å². The summed E-state index contributed by atoms with van der Waals surface area (Å²) in [4.78, 5) is 14.1. The van der Waals surface area contributed by atoms with E-state index in [4.69, 9.17) is 9.72 Å². The summed E-state index contributed by atoms with van der Waals surface area (Å²) in [5.41, 5.74) is 3.02. The summed E-state index contributed by atoms with van der Waals surface area (Å²) in [6.07, 6.45) is -0.344. The van der Waals surface area contributed by atoms with Crippen molar-refractivity contribution in [3.05, 3.63) is 29.0 Å². The fourth-order valence-electron chi connectivity index (χ4n) is 4.30. The number of rotatable bonds is 9. The molecule has 0 radical (unpaired) electrons. The number of aliphatic hydroxyl groups is 3. The highest BCUT2D eigenvalue weighted by Gasteiger charge is 2.47. The van der Waals surface area contributed by atoms with E-state index in [0.717, 1.165) is 15.2 Å². The maximum Gasteiger partial charge on any atom is 0.224 e. The number of fused-ring (bicyclic) bond motifs is 1. The molecule has 3 atom stereocenters. The molecule has 2 heterocycles. The number of aromatic nitrogens is 3. The van der Waals surface area contributed by atoms with Gasteiger partial charge in [-0.15, -0.1) is 11.3 Å². The second-order valence-corrected chi connectivity index (χ2v) is 9.91. The Balaban J connectivity index is 1.75. The van der Waals surface area contributed by atoms with Gasteiger partial charge in [-0.3, -0.25) is 0 Å². The first-order chi connectivity index (χ1) is 16.3. The van der Waals surface area contributed by atoms with E-state index >= 15 is 0 Å². The Kier molecular flexibility index (Phi) is 7.34. The molecule has 0 bridgehead atoms. The van der Waals surface area contributed by atoms with E-state index in [-0.39, 0.29) is 13.0 Å². The summed E-state index contributed by atoms with van der Waals surface area (Å²) in [5, 5.41) is 38.5. The molecule has 1 aliphatic carbocycles. The lowest BCUT2D eigenvalue weighted by atomic mass is 10.0. The zero-order valence-electron chi connectivity index (χ0n) is 20.1. The number of hydrogen-bond donors (Lipinski definition) is 5. The third-order valence-corrected chi connectivity index (χ3v) is 7.48. The van der Waals surface area contributed by atoms with E-state index in [2.05, 4.69) is 46.6 Å². The maximum atomic E-state index is 11.2. The van der Waals surface area contributed by atoms with Crippen molar-refractivity contribution in [2.24, 2.45) is 5.92 Å². The molecule has 9 nitrogen and oxygen atoms in total. The first kappa shape index (κ1) is 24.7. The van der Waals surface area contributed by atoms with Gasteiger partial charge in [0, 0.05) is 25.7 Å². The van der Waals surface area contributed by atoms with Crippen LogP contribution in [-0.2, 0) is 4.74 Å². The molecule has 1 aliphatic rings. The van der Waals surface area contributed by atoms with Crippen molar-refractivity contribution in [1.29, 1.82) is 0 Å². The second-order valence-electron chi connectivity index (χ2n) is 8.88. The van der Waals surface area contributed by atoms with E-state index in [1.54, 1.807) is 0 Å². The standard InChI is InChI=1S/C24H33N5O4S/c1-5-33-9-8-25-23-26-15(4)19(22-27-17-10-13(2)14(3)11-18(17)34-22)21(28-23)29-24(32)7-6-16(12-30)20(24)31/h10-11,16,20,30-32H,5-9,12H2,1-4H3,(H2,25,26,28,29). The van der Waals surface area contributed by atoms with Gasteiger partial charge >= 0.3 is 0 Å². The number of hydrogen-bond acceptors (Lipinski definition) is 10. The molecule has 1 aromatic carbocycles. The summed E-state index contributed by atoms with van der Waals surface area (Å²) in [6, 6.07) is 4.19. The Hall–Kier alpha value is -2.37. The van der Waals surface area contributed by atoms with Crippen LogP contribution in [0.5, 0.6) is 0 Å². The van der Waals surface area contributed by atoms with Crippen LogP contribution in [0, 0.1) is 26.7 Å². The minimum Gasteiger partial charge on any atom is -0.396 e. The van der Waals surface area contributed by atoms with Gasteiger partial charge in [-0.2, -0.15) is 4.98 Å². The van der Waals surface area contributed by atoms with Crippen molar-refractivity contribution in [2.75, 3.05) is 37.0 Å². The Morgan fingerprint density at radius 1 is 1.18 bits per heavy atom. The number of nitrogens with zero attached hydrogens (tertiary/aromatic N) is 3. The lowest BCUT2D eigenvalue weighted by molar-refractivity contribution is -0.0545. The molecule has 0 saturated heterocycles. The minimum absolute atomic E-state index is 0.193. The van der Waals surface area contributed by atoms with E-state index < -0.39 is 17.7 Å². The average Bonchev–Trinajstić information content (AvgIpc) is 3.31. The zero-order chi connectivity index (χ0) is 24.5. The van der Waals surface area contributed by atoms with Crippen LogP contribution in [0.3, 0.4) is 0 Å². The van der Waals surface area contributed by atoms with Gasteiger partial charge in [0.1, 0.15) is 16.9 Å².